The second kappa shape index (κ2) is 5.99. The molecule has 0 radical (unpaired) electrons. The first-order valence-electron chi connectivity index (χ1n) is 6.21. The van der Waals surface area contributed by atoms with Crippen molar-refractivity contribution in [2.75, 3.05) is 25.4 Å². The number of aliphatic hydroxyl groups is 1. The summed E-state index contributed by atoms with van der Waals surface area (Å²) in [5.74, 6) is -0.116. The molecule has 2 aromatic rings. The summed E-state index contributed by atoms with van der Waals surface area (Å²) in [4.78, 5) is 18.6. The molecule has 0 saturated carbocycles. The summed E-state index contributed by atoms with van der Waals surface area (Å²) >= 11 is 1.35. The minimum atomic E-state index is -0.116. The number of pyridine rings is 1. The Morgan fingerprint density at radius 3 is 2.95 bits per heavy atom. The van der Waals surface area contributed by atoms with E-state index in [-0.39, 0.29) is 12.5 Å². The van der Waals surface area contributed by atoms with Crippen molar-refractivity contribution in [2.45, 2.75) is 13.3 Å². The molecule has 0 spiro atoms. The fourth-order valence-corrected chi connectivity index (χ4v) is 3.04. The van der Waals surface area contributed by atoms with Crippen molar-refractivity contribution in [2.24, 2.45) is 0 Å². The lowest BCUT2D eigenvalue weighted by Gasteiger charge is -2.20. The van der Waals surface area contributed by atoms with Crippen LogP contribution in [0, 0.1) is 0 Å². The number of hydrogen-bond donors (Lipinski definition) is 2. The number of nitrogens with two attached hydrogens (primary N) is 1. The van der Waals surface area contributed by atoms with Crippen molar-refractivity contribution < 1.29 is 9.90 Å². The molecule has 2 rings (SSSR count). The molecule has 2 heterocycles. The number of thiophene rings is 1. The number of carbonyl (C=O) groups excluding carboxylic acids is 1. The molecular weight excluding hydrogens is 262 g/mol. The molecule has 6 heteroatoms. The predicted molar refractivity (Wildman–Crippen MR) is 77.3 cm³/mol. The molecule has 19 heavy (non-hydrogen) atoms. The minimum Gasteiger partial charge on any atom is -0.397 e. The molecule has 0 unspecified atom stereocenters. The molecule has 0 saturated heterocycles. The van der Waals surface area contributed by atoms with Crippen LogP contribution in [0.15, 0.2) is 18.5 Å². The highest BCUT2D eigenvalue weighted by atomic mass is 32.1. The van der Waals surface area contributed by atoms with Crippen molar-refractivity contribution in [3.8, 4) is 0 Å². The van der Waals surface area contributed by atoms with E-state index in [0.29, 0.717) is 23.7 Å². The number of anilines is 1. The highest BCUT2D eigenvalue weighted by Gasteiger charge is 2.21. The van der Waals surface area contributed by atoms with E-state index >= 15 is 0 Å². The lowest BCUT2D eigenvalue weighted by molar-refractivity contribution is 0.0728. The molecule has 102 valence electrons. The molecule has 0 aliphatic carbocycles. The predicted octanol–water partition coefficient (Wildman–Crippen LogP) is 1.72. The van der Waals surface area contributed by atoms with Gasteiger partial charge in [-0.2, -0.15) is 0 Å². The van der Waals surface area contributed by atoms with Crippen LogP contribution in [0.25, 0.3) is 10.1 Å². The Bertz CT molecular complexity index is 576. The SMILES string of the molecule is CCCN(CCO)C(=O)c1sc2cnccc2c1N. The van der Waals surface area contributed by atoms with Crippen LogP contribution in [0.2, 0.25) is 0 Å². The van der Waals surface area contributed by atoms with Crippen LogP contribution in [0.1, 0.15) is 23.0 Å². The van der Waals surface area contributed by atoms with Gasteiger partial charge in [-0.15, -0.1) is 11.3 Å². The van der Waals surface area contributed by atoms with Gasteiger partial charge < -0.3 is 15.7 Å². The standard InChI is InChI=1S/C13H17N3O2S/c1-2-5-16(6-7-17)13(18)12-11(14)9-3-4-15-8-10(9)19-12/h3-4,8,17H,2,5-7,14H2,1H3. The van der Waals surface area contributed by atoms with Crippen LogP contribution < -0.4 is 5.73 Å². The summed E-state index contributed by atoms with van der Waals surface area (Å²) in [7, 11) is 0. The van der Waals surface area contributed by atoms with Crippen molar-refractivity contribution in [1.82, 2.24) is 9.88 Å². The Kier molecular flexibility index (Phi) is 4.34. The number of amides is 1. The van der Waals surface area contributed by atoms with Crippen LogP contribution >= 0.6 is 11.3 Å². The fourth-order valence-electron chi connectivity index (χ4n) is 1.98. The average molecular weight is 279 g/mol. The molecule has 0 bridgehead atoms. The Labute approximate surface area is 115 Å². The summed E-state index contributed by atoms with van der Waals surface area (Å²) in [6.07, 6.45) is 4.22. The second-order valence-corrected chi connectivity index (χ2v) is 5.28. The van der Waals surface area contributed by atoms with E-state index in [2.05, 4.69) is 4.98 Å². The maximum absolute atomic E-state index is 12.4. The third-order valence-electron chi connectivity index (χ3n) is 2.88. The van der Waals surface area contributed by atoms with E-state index < -0.39 is 0 Å². The molecule has 0 aromatic carbocycles. The van der Waals surface area contributed by atoms with Gasteiger partial charge in [0, 0.05) is 30.9 Å². The van der Waals surface area contributed by atoms with Crippen LogP contribution in [0.5, 0.6) is 0 Å². The third-order valence-corrected chi connectivity index (χ3v) is 4.02. The number of aliphatic hydroxyl groups excluding tert-OH is 1. The van der Waals surface area contributed by atoms with Crippen LogP contribution in [0.3, 0.4) is 0 Å². The maximum Gasteiger partial charge on any atom is 0.266 e. The van der Waals surface area contributed by atoms with Gasteiger partial charge in [0.1, 0.15) is 4.88 Å². The molecule has 0 aliphatic heterocycles. The fraction of sp³-hybridized carbons (Fsp3) is 0.385. The number of aromatic nitrogens is 1. The maximum atomic E-state index is 12.4. The van der Waals surface area contributed by atoms with Crippen LogP contribution in [-0.4, -0.2) is 40.6 Å². The molecule has 1 amide bonds. The Morgan fingerprint density at radius 2 is 2.32 bits per heavy atom. The Balaban J connectivity index is 2.37. The van der Waals surface area contributed by atoms with Crippen LogP contribution in [-0.2, 0) is 0 Å². The van der Waals surface area contributed by atoms with Gasteiger partial charge in [0.05, 0.1) is 17.0 Å². The summed E-state index contributed by atoms with van der Waals surface area (Å²) in [5.41, 5.74) is 6.55. The highest BCUT2D eigenvalue weighted by molar-refractivity contribution is 7.21. The smallest absolute Gasteiger partial charge is 0.266 e. The highest BCUT2D eigenvalue weighted by Crippen LogP contribution is 2.33. The van der Waals surface area contributed by atoms with Gasteiger partial charge >= 0.3 is 0 Å². The van der Waals surface area contributed by atoms with Crippen LogP contribution in [0.4, 0.5) is 5.69 Å². The lowest BCUT2D eigenvalue weighted by Crippen LogP contribution is -2.34. The van der Waals surface area contributed by atoms with Gasteiger partial charge in [0.2, 0.25) is 0 Å². The van der Waals surface area contributed by atoms with E-state index in [0.717, 1.165) is 16.5 Å². The third kappa shape index (κ3) is 2.69. The molecule has 0 atom stereocenters. The number of nitrogens with zero attached hydrogens (tertiary/aromatic N) is 2. The van der Waals surface area contributed by atoms with Crippen molar-refractivity contribution in [1.29, 1.82) is 0 Å². The molecule has 0 aliphatic rings. The summed E-state index contributed by atoms with van der Waals surface area (Å²) in [5, 5.41) is 9.90. The minimum absolute atomic E-state index is 0.0436. The van der Waals surface area contributed by atoms with Gasteiger partial charge in [-0.25, -0.2) is 0 Å². The molecular formula is C13H17N3O2S. The summed E-state index contributed by atoms with van der Waals surface area (Å²) in [6.45, 7) is 2.90. The summed E-state index contributed by atoms with van der Waals surface area (Å²) in [6, 6.07) is 1.81. The van der Waals surface area contributed by atoms with Gasteiger partial charge in [0.15, 0.2) is 0 Å². The first-order chi connectivity index (χ1) is 9.19. The molecule has 2 aromatic heterocycles. The number of fused-ring (bicyclic) bond motifs is 1. The van der Waals surface area contributed by atoms with Gasteiger partial charge in [0.25, 0.3) is 5.91 Å². The van der Waals surface area contributed by atoms with E-state index in [1.807, 2.05) is 13.0 Å². The first-order valence-corrected chi connectivity index (χ1v) is 7.02. The zero-order valence-corrected chi connectivity index (χ0v) is 11.6. The largest absolute Gasteiger partial charge is 0.397 e. The monoisotopic (exact) mass is 279 g/mol. The zero-order valence-electron chi connectivity index (χ0n) is 10.8. The Hall–Kier alpha value is -1.66. The molecule has 5 nitrogen and oxygen atoms in total. The topological polar surface area (TPSA) is 79.5 Å². The van der Waals surface area contributed by atoms with E-state index in [9.17, 15) is 4.79 Å². The van der Waals surface area contributed by atoms with Gasteiger partial charge in [-0.05, 0) is 12.5 Å². The van der Waals surface area contributed by atoms with E-state index in [1.165, 1.54) is 11.3 Å². The number of hydrogen-bond acceptors (Lipinski definition) is 5. The van der Waals surface area contributed by atoms with Gasteiger partial charge in [-0.1, -0.05) is 6.92 Å². The second-order valence-electron chi connectivity index (χ2n) is 4.23. The number of carbonyl (C=O) groups is 1. The zero-order chi connectivity index (χ0) is 13.8. The van der Waals surface area contributed by atoms with E-state index in [1.54, 1.807) is 17.3 Å². The lowest BCUT2D eigenvalue weighted by atomic mass is 10.2. The quantitative estimate of drug-likeness (QED) is 0.873. The van der Waals surface area contributed by atoms with Crippen molar-refractivity contribution in [3.05, 3.63) is 23.3 Å². The van der Waals surface area contributed by atoms with Crippen molar-refractivity contribution >= 4 is 33.0 Å². The number of nitrogen functional groups attached to an aromatic ring is 1. The molecule has 3 N–H and O–H groups in total. The van der Waals surface area contributed by atoms with Gasteiger partial charge in [-0.3, -0.25) is 9.78 Å². The average Bonchev–Trinajstić information content (AvgIpc) is 2.76. The van der Waals surface area contributed by atoms with Crippen molar-refractivity contribution in [3.63, 3.8) is 0 Å². The first kappa shape index (κ1) is 13.8. The van der Waals surface area contributed by atoms with E-state index in [4.69, 9.17) is 10.8 Å². The number of rotatable bonds is 5. The summed E-state index contributed by atoms with van der Waals surface area (Å²) < 4.78 is 0.906. The molecule has 0 fully saturated rings. The Morgan fingerprint density at radius 1 is 1.53 bits per heavy atom. The normalized spacial score (nSPS) is 10.8.